The third kappa shape index (κ3) is 6.28. The Morgan fingerprint density at radius 3 is 2.24 bits per heavy atom. The number of imide groups is 2. The van der Waals surface area contributed by atoms with Crippen LogP contribution in [0.25, 0.3) is 0 Å². The molecule has 5 fully saturated rings. The number of carbonyl (C=O) groups is 5. The van der Waals surface area contributed by atoms with E-state index in [9.17, 15) is 29.2 Å². The molecule has 5 amide bonds. The molecule has 62 heavy (non-hydrogen) atoms. The fourth-order valence-electron chi connectivity index (χ4n) is 11.9. The molecule has 7 aliphatic rings. The second kappa shape index (κ2) is 14.4. The maximum absolute atomic E-state index is 15.6. The van der Waals surface area contributed by atoms with E-state index in [4.69, 9.17) is 21.3 Å². The molecule has 3 aromatic rings. The molecule has 0 radical (unpaired) electrons. The minimum absolute atomic E-state index is 0.0149. The van der Waals surface area contributed by atoms with Crippen LogP contribution in [0.4, 0.5) is 10.1 Å². The number of benzene rings is 2. The highest BCUT2D eigenvalue weighted by Crippen LogP contribution is 2.59. The van der Waals surface area contributed by atoms with Crippen molar-refractivity contribution in [3.8, 4) is 23.7 Å². The van der Waals surface area contributed by atoms with Crippen molar-refractivity contribution in [3.05, 3.63) is 86.9 Å². The Hall–Kier alpha value is -5.83. The van der Waals surface area contributed by atoms with Gasteiger partial charge in [0.05, 0.1) is 45.2 Å². The monoisotopic (exact) mass is 857 g/mol. The fraction of sp³-hybridized carbons (Fsp3) is 0.468. The third-order valence-electron chi connectivity index (χ3n) is 14.6. The number of nitrogens with zero attached hydrogens (tertiary/aromatic N) is 6. The number of nitrogens with one attached hydrogen (secondary N) is 1. The largest absolute Gasteiger partial charge is 0.489 e. The molecule has 2 saturated carbocycles. The number of amides is 5. The van der Waals surface area contributed by atoms with Crippen LogP contribution in [0.1, 0.15) is 101 Å². The highest BCUT2D eigenvalue weighted by atomic mass is 35.5. The molecule has 3 atom stereocenters. The Bertz CT molecular complexity index is 2600. The summed E-state index contributed by atoms with van der Waals surface area (Å²) in [6.07, 6.45) is 1.76. The number of hydrogen-bond acceptors (Lipinski definition) is 10. The SMILES string of the molecule is CC1(C)C(Oc2ccc(C#N)c(Cl)c2)C(C)(C)C1N1Cc2nc(C#CC3CC(N4CC5CN(c6cc7c(cc6F)C(=O)N(C6CCC(=O)NC6=O)C7=O)CC5C4)C3)ccc2C1=O. The summed E-state index contributed by atoms with van der Waals surface area (Å²) in [7, 11) is 0. The molecular weight excluding hydrogens is 813 g/mol. The van der Waals surface area contributed by atoms with Gasteiger partial charge in [-0.15, -0.1) is 0 Å². The maximum atomic E-state index is 15.6. The van der Waals surface area contributed by atoms with E-state index in [0.29, 0.717) is 65.1 Å². The Kier molecular flexibility index (Phi) is 9.32. The lowest BCUT2D eigenvalue weighted by atomic mass is 9.49. The van der Waals surface area contributed by atoms with E-state index < -0.39 is 35.5 Å². The first-order chi connectivity index (χ1) is 29.5. The zero-order chi connectivity index (χ0) is 43.6. The fourth-order valence-corrected chi connectivity index (χ4v) is 12.1. The Balaban J connectivity index is 0.729. The summed E-state index contributed by atoms with van der Waals surface area (Å²) in [6.45, 7) is 11.9. The van der Waals surface area contributed by atoms with E-state index >= 15 is 4.39 Å². The molecule has 10 rings (SSSR count). The van der Waals surface area contributed by atoms with Crippen molar-refractivity contribution in [2.24, 2.45) is 28.6 Å². The second-order valence-electron chi connectivity index (χ2n) is 19.2. The summed E-state index contributed by atoms with van der Waals surface area (Å²) in [4.78, 5) is 76.6. The van der Waals surface area contributed by atoms with Gasteiger partial charge in [-0.25, -0.2) is 9.37 Å². The molecule has 2 aliphatic carbocycles. The number of likely N-dealkylation sites (tertiary alicyclic amines) is 1. The van der Waals surface area contributed by atoms with E-state index in [2.05, 4.69) is 55.8 Å². The molecule has 13 nitrogen and oxygen atoms in total. The average Bonchev–Trinajstić information content (AvgIpc) is 3.93. The van der Waals surface area contributed by atoms with Gasteiger partial charge in [-0.1, -0.05) is 45.2 Å². The zero-order valence-corrected chi connectivity index (χ0v) is 35.6. The third-order valence-corrected chi connectivity index (χ3v) is 14.9. The van der Waals surface area contributed by atoms with Crippen LogP contribution in [0.3, 0.4) is 0 Å². The summed E-state index contributed by atoms with van der Waals surface area (Å²) >= 11 is 6.29. The van der Waals surface area contributed by atoms with Crippen LogP contribution in [0.15, 0.2) is 42.5 Å². The van der Waals surface area contributed by atoms with Crippen LogP contribution in [0.2, 0.25) is 5.02 Å². The van der Waals surface area contributed by atoms with Crippen molar-refractivity contribution >= 4 is 46.8 Å². The quantitative estimate of drug-likeness (QED) is 0.259. The van der Waals surface area contributed by atoms with Crippen molar-refractivity contribution < 1.29 is 33.1 Å². The molecule has 318 valence electrons. The number of rotatable bonds is 6. The molecule has 2 aromatic carbocycles. The lowest BCUT2D eigenvalue weighted by Crippen LogP contribution is -2.74. The number of carbonyl (C=O) groups excluding carboxylic acids is 5. The molecule has 1 aromatic heterocycles. The van der Waals surface area contributed by atoms with Gasteiger partial charge >= 0.3 is 0 Å². The van der Waals surface area contributed by atoms with Crippen molar-refractivity contribution in [2.45, 2.75) is 84.2 Å². The van der Waals surface area contributed by atoms with E-state index in [1.807, 2.05) is 21.9 Å². The molecule has 6 heterocycles. The number of anilines is 1. The Morgan fingerprint density at radius 1 is 0.887 bits per heavy atom. The number of piperidine rings is 1. The van der Waals surface area contributed by atoms with Gasteiger partial charge < -0.3 is 14.5 Å². The topological polar surface area (TPSA) is 156 Å². The maximum Gasteiger partial charge on any atom is 0.262 e. The highest BCUT2D eigenvalue weighted by Gasteiger charge is 2.67. The summed E-state index contributed by atoms with van der Waals surface area (Å²) in [6, 6.07) is 12.6. The molecule has 3 unspecified atom stereocenters. The first-order valence-corrected chi connectivity index (χ1v) is 21.6. The van der Waals surface area contributed by atoms with Crippen molar-refractivity contribution in [1.29, 1.82) is 5.26 Å². The summed E-state index contributed by atoms with van der Waals surface area (Å²) in [5.41, 5.74) is 1.92. The second-order valence-corrected chi connectivity index (χ2v) is 19.6. The summed E-state index contributed by atoms with van der Waals surface area (Å²) in [5, 5.41) is 11.8. The van der Waals surface area contributed by atoms with E-state index in [1.54, 1.807) is 18.2 Å². The van der Waals surface area contributed by atoms with E-state index in [1.165, 1.54) is 6.07 Å². The van der Waals surface area contributed by atoms with Crippen LogP contribution in [0, 0.1) is 57.6 Å². The average molecular weight is 858 g/mol. The minimum Gasteiger partial charge on any atom is -0.489 e. The normalized spacial score (nSPS) is 29.3. The van der Waals surface area contributed by atoms with Crippen molar-refractivity contribution in [2.75, 3.05) is 31.1 Å². The summed E-state index contributed by atoms with van der Waals surface area (Å²) in [5.74, 6) is 5.08. The van der Waals surface area contributed by atoms with E-state index in [0.717, 1.165) is 42.6 Å². The minimum atomic E-state index is -1.10. The first kappa shape index (κ1) is 40.3. The highest BCUT2D eigenvalue weighted by molar-refractivity contribution is 6.31. The summed E-state index contributed by atoms with van der Waals surface area (Å²) < 4.78 is 22.0. The zero-order valence-electron chi connectivity index (χ0n) is 34.8. The van der Waals surface area contributed by atoms with Gasteiger partial charge in [0.25, 0.3) is 17.7 Å². The first-order valence-electron chi connectivity index (χ1n) is 21.3. The van der Waals surface area contributed by atoms with Crippen LogP contribution in [-0.4, -0.2) is 99.6 Å². The van der Waals surface area contributed by atoms with Crippen LogP contribution >= 0.6 is 11.6 Å². The van der Waals surface area contributed by atoms with Gasteiger partial charge in [0.15, 0.2) is 0 Å². The van der Waals surface area contributed by atoms with Crippen LogP contribution < -0.4 is 15.0 Å². The number of aromatic nitrogens is 1. The smallest absolute Gasteiger partial charge is 0.262 e. The lowest BCUT2D eigenvalue weighted by molar-refractivity contribution is -0.199. The van der Waals surface area contributed by atoms with Crippen LogP contribution in [-0.2, 0) is 16.1 Å². The van der Waals surface area contributed by atoms with Gasteiger partial charge in [0.2, 0.25) is 11.8 Å². The standard InChI is InChI=1S/C47H45ClFN7O6/c1-46(2)44(47(3,4)45(46)62-30-9-6-25(18-50)34(48)15-30)55-23-36-31(41(55)59)10-8-28(51-36)7-5-24-13-29(14-24)53-19-26-21-54(22-27(26)20-53)38-17-33-32(16-35(38)49)42(60)56(43(33)61)37-11-12-39(57)52-40(37)58/h6,8-10,15-17,24,26-27,29,37,44-45H,11-14,19-23H2,1-4H3,(H,52,57,58). The van der Waals surface area contributed by atoms with Crippen molar-refractivity contribution in [1.82, 2.24) is 25.0 Å². The predicted octanol–water partition coefficient (Wildman–Crippen LogP) is 5.18. The molecule has 3 saturated heterocycles. The number of fused-ring (bicyclic) bond motifs is 3. The lowest BCUT2D eigenvalue weighted by Gasteiger charge is -2.65. The van der Waals surface area contributed by atoms with E-state index in [-0.39, 0.29) is 64.5 Å². The van der Waals surface area contributed by atoms with Gasteiger partial charge in [0.1, 0.15) is 35.5 Å². The Morgan fingerprint density at radius 2 is 1.58 bits per heavy atom. The molecule has 0 spiro atoms. The molecular formula is C47H45ClFN7O6. The predicted molar refractivity (Wildman–Crippen MR) is 223 cm³/mol. The molecule has 15 heteroatoms. The number of hydrogen-bond donors (Lipinski definition) is 1. The van der Waals surface area contributed by atoms with Crippen LogP contribution in [0.5, 0.6) is 5.75 Å². The van der Waals surface area contributed by atoms with Gasteiger partial charge in [-0.05, 0) is 73.4 Å². The number of pyridine rings is 1. The number of nitriles is 1. The number of halogens is 2. The van der Waals surface area contributed by atoms with Crippen molar-refractivity contribution in [3.63, 3.8) is 0 Å². The Labute approximate surface area is 363 Å². The van der Waals surface area contributed by atoms with Gasteiger partial charge in [-0.3, -0.25) is 39.1 Å². The van der Waals surface area contributed by atoms with Gasteiger partial charge in [-0.2, -0.15) is 5.26 Å². The molecule has 5 aliphatic heterocycles. The number of ether oxygens (including phenoxy) is 1. The molecule has 0 bridgehead atoms. The van der Waals surface area contributed by atoms with Gasteiger partial charge in [0, 0.05) is 67.5 Å². The molecule has 1 N–H and O–H groups in total.